The van der Waals surface area contributed by atoms with Crippen molar-refractivity contribution in [2.45, 2.75) is 20.3 Å². The summed E-state index contributed by atoms with van der Waals surface area (Å²) in [5.41, 5.74) is 0.638. The minimum atomic E-state index is -0.450. The van der Waals surface area contributed by atoms with Gasteiger partial charge in [0.2, 0.25) is 0 Å². The van der Waals surface area contributed by atoms with E-state index in [0.717, 1.165) is 17.4 Å². The van der Waals surface area contributed by atoms with Crippen LogP contribution in [0.4, 0.5) is 0 Å². The van der Waals surface area contributed by atoms with Gasteiger partial charge in [-0.15, -0.1) is 0 Å². The largest absolute Gasteiger partial charge is 0.504 e. The van der Waals surface area contributed by atoms with E-state index >= 15 is 0 Å². The van der Waals surface area contributed by atoms with Crippen LogP contribution < -0.4 is 10.4 Å². The Bertz CT molecular complexity index is 655. The van der Waals surface area contributed by atoms with Gasteiger partial charge in [0.1, 0.15) is 5.58 Å². The summed E-state index contributed by atoms with van der Waals surface area (Å²) < 4.78 is 10.6. The van der Waals surface area contributed by atoms with E-state index in [1.807, 2.05) is 6.92 Å². The van der Waals surface area contributed by atoms with Crippen LogP contribution >= 0.6 is 0 Å². The predicted octanol–water partition coefficient (Wildman–Crippen LogP) is 2.20. The van der Waals surface area contributed by atoms with Gasteiger partial charge in [-0.2, -0.15) is 0 Å². The second kappa shape index (κ2) is 5.96. The molecule has 0 unspecified atom stereocenters. The number of benzene rings is 1. The highest BCUT2D eigenvalue weighted by Crippen LogP contribution is 2.32. The fraction of sp³-hybridized carbons (Fsp3) is 0.400. The molecule has 0 aliphatic rings. The minimum absolute atomic E-state index is 0.0277. The number of fused-ring (bicyclic) bond motifs is 1. The molecule has 1 atom stereocenters. The Balaban J connectivity index is 2.35. The van der Waals surface area contributed by atoms with Gasteiger partial charge in [0.05, 0.1) is 6.61 Å². The first kappa shape index (κ1) is 14.4. The van der Waals surface area contributed by atoms with Crippen molar-refractivity contribution in [3.05, 3.63) is 34.2 Å². The summed E-state index contributed by atoms with van der Waals surface area (Å²) in [6.07, 6.45) is 0.790. The minimum Gasteiger partial charge on any atom is -0.504 e. The van der Waals surface area contributed by atoms with Gasteiger partial charge in [0.25, 0.3) is 0 Å². The molecule has 0 aliphatic heterocycles. The molecule has 0 spiro atoms. The zero-order valence-electron chi connectivity index (χ0n) is 11.5. The SMILES string of the molecule is CC[C@@H](CO)COc1cc2c(C)cc(=O)oc2cc1O. The molecule has 5 nitrogen and oxygen atoms in total. The summed E-state index contributed by atoms with van der Waals surface area (Å²) in [6.45, 7) is 4.12. The number of aromatic hydroxyl groups is 1. The Kier molecular flexibility index (Phi) is 4.29. The van der Waals surface area contributed by atoms with E-state index in [4.69, 9.17) is 14.3 Å². The predicted molar refractivity (Wildman–Crippen MR) is 75.2 cm³/mol. The molecule has 0 bridgehead atoms. The zero-order chi connectivity index (χ0) is 14.7. The molecule has 5 heteroatoms. The maximum atomic E-state index is 11.3. The standard InChI is InChI=1S/C15H18O5/c1-3-10(7-16)8-19-14-5-11-9(2)4-15(18)20-13(11)6-12(14)17/h4-6,10,16-17H,3,7-8H2,1-2H3/t10-/m0/s1. The lowest BCUT2D eigenvalue weighted by Gasteiger charge is -2.14. The van der Waals surface area contributed by atoms with Gasteiger partial charge in [-0.25, -0.2) is 4.79 Å². The number of phenols is 1. The summed E-state index contributed by atoms with van der Waals surface area (Å²) in [5.74, 6) is 0.264. The van der Waals surface area contributed by atoms with Crippen LogP contribution in [0.25, 0.3) is 11.0 Å². The molecule has 0 saturated carbocycles. The lowest BCUT2D eigenvalue weighted by atomic mass is 10.1. The molecule has 2 aromatic rings. The number of hydrogen-bond donors (Lipinski definition) is 2. The van der Waals surface area contributed by atoms with Gasteiger partial charge >= 0.3 is 5.63 Å². The first-order valence-electron chi connectivity index (χ1n) is 6.56. The quantitative estimate of drug-likeness (QED) is 0.820. The molecule has 1 aromatic heterocycles. The van der Waals surface area contributed by atoms with E-state index in [1.165, 1.54) is 12.1 Å². The number of hydrogen-bond acceptors (Lipinski definition) is 5. The summed E-state index contributed by atoms with van der Waals surface area (Å²) in [6, 6.07) is 4.41. The maximum absolute atomic E-state index is 11.3. The van der Waals surface area contributed by atoms with Crippen LogP contribution in [0.5, 0.6) is 11.5 Å². The van der Waals surface area contributed by atoms with E-state index < -0.39 is 5.63 Å². The van der Waals surface area contributed by atoms with Crippen molar-refractivity contribution in [1.82, 2.24) is 0 Å². The average molecular weight is 278 g/mol. The highest BCUT2D eigenvalue weighted by molar-refractivity contribution is 5.83. The van der Waals surface area contributed by atoms with Crippen LogP contribution in [-0.4, -0.2) is 23.4 Å². The summed E-state index contributed by atoms with van der Waals surface area (Å²) >= 11 is 0. The molecule has 0 radical (unpaired) electrons. The summed E-state index contributed by atoms with van der Waals surface area (Å²) in [7, 11) is 0. The number of aryl methyl sites for hydroxylation is 1. The van der Waals surface area contributed by atoms with Crippen molar-refractivity contribution in [1.29, 1.82) is 0 Å². The van der Waals surface area contributed by atoms with Crippen molar-refractivity contribution < 1.29 is 19.4 Å². The Morgan fingerprint density at radius 3 is 2.75 bits per heavy atom. The second-order valence-electron chi connectivity index (χ2n) is 4.83. The molecule has 2 N–H and O–H groups in total. The summed E-state index contributed by atoms with van der Waals surface area (Å²) in [5, 5.41) is 19.7. The highest BCUT2D eigenvalue weighted by Gasteiger charge is 2.12. The molecular weight excluding hydrogens is 260 g/mol. The molecule has 20 heavy (non-hydrogen) atoms. The van der Waals surface area contributed by atoms with E-state index in [0.29, 0.717) is 17.9 Å². The third-order valence-corrected chi connectivity index (χ3v) is 3.34. The molecule has 0 fully saturated rings. The molecule has 0 saturated heterocycles. The van der Waals surface area contributed by atoms with Crippen molar-refractivity contribution >= 4 is 11.0 Å². The van der Waals surface area contributed by atoms with Gasteiger partial charge < -0.3 is 19.4 Å². The van der Waals surface area contributed by atoms with Crippen LogP contribution in [0.15, 0.2) is 27.4 Å². The zero-order valence-corrected chi connectivity index (χ0v) is 11.5. The Morgan fingerprint density at radius 1 is 1.35 bits per heavy atom. The number of rotatable bonds is 5. The number of aliphatic hydroxyl groups is 1. The van der Waals surface area contributed by atoms with Crippen molar-refractivity contribution in [2.75, 3.05) is 13.2 Å². The Labute approximate surface area is 116 Å². The lowest BCUT2D eigenvalue weighted by molar-refractivity contribution is 0.157. The second-order valence-corrected chi connectivity index (χ2v) is 4.83. The fourth-order valence-electron chi connectivity index (χ4n) is 1.96. The van der Waals surface area contributed by atoms with Crippen molar-refractivity contribution in [3.63, 3.8) is 0 Å². The number of phenolic OH excluding ortho intramolecular Hbond substituents is 1. The van der Waals surface area contributed by atoms with Crippen LogP contribution in [0, 0.1) is 12.8 Å². The molecule has 1 aromatic carbocycles. The topological polar surface area (TPSA) is 79.9 Å². The van der Waals surface area contributed by atoms with Crippen LogP contribution in [-0.2, 0) is 0 Å². The van der Waals surface area contributed by atoms with E-state index in [-0.39, 0.29) is 18.3 Å². The fourth-order valence-corrected chi connectivity index (χ4v) is 1.96. The Morgan fingerprint density at radius 2 is 2.10 bits per heavy atom. The first-order valence-corrected chi connectivity index (χ1v) is 6.56. The number of ether oxygens (including phenoxy) is 1. The van der Waals surface area contributed by atoms with Gasteiger partial charge in [0, 0.05) is 30.0 Å². The average Bonchev–Trinajstić information content (AvgIpc) is 2.40. The van der Waals surface area contributed by atoms with Crippen LogP contribution in [0.3, 0.4) is 0 Å². The van der Waals surface area contributed by atoms with E-state index in [1.54, 1.807) is 13.0 Å². The Hall–Kier alpha value is -2.01. The monoisotopic (exact) mass is 278 g/mol. The maximum Gasteiger partial charge on any atom is 0.336 e. The van der Waals surface area contributed by atoms with Crippen LogP contribution in [0.1, 0.15) is 18.9 Å². The summed E-state index contributed by atoms with van der Waals surface area (Å²) in [4.78, 5) is 11.3. The number of aliphatic hydroxyl groups excluding tert-OH is 1. The van der Waals surface area contributed by atoms with Crippen molar-refractivity contribution in [2.24, 2.45) is 5.92 Å². The van der Waals surface area contributed by atoms with E-state index in [9.17, 15) is 9.90 Å². The lowest BCUT2D eigenvalue weighted by Crippen LogP contribution is -2.15. The smallest absolute Gasteiger partial charge is 0.336 e. The van der Waals surface area contributed by atoms with Crippen LogP contribution in [0.2, 0.25) is 0 Å². The third-order valence-electron chi connectivity index (χ3n) is 3.34. The van der Waals surface area contributed by atoms with Gasteiger partial charge in [-0.1, -0.05) is 6.92 Å². The molecule has 1 heterocycles. The normalized spacial score (nSPS) is 12.6. The van der Waals surface area contributed by atoms with Gasteiger partial charge in [-0.3, -0.25) is 0 Å². The van der Waals surface area contributed by atoms with Gasteiger partial charge in [-0.05, 0) is 25.0 Å². The first-order chi connectivity index (χ1) is 9.55. The molecule has 0 aliphatic carbocycles. The highest BCUT2D eigenvalue weighted by atomic mass is 16.5. The van der Waals surface area contributed by atoms with E-state index in [2.05, 4.69) is 0 Å². The molecule has 0 amide bonds. The third kappa shape index (κ3) is 2.93. The molecular formula is C15H18O5. The van der Waals surface area contributed by atoms with Crippen molar-refractivity contribution in [3.8, 4) is 11.5 Å². The van der Waals surface area contributed by atoms with Gasteiger partial charge in [0.15, 0.2) is 11.5 Å². The molecule has 108 valence electrons. The molecule has 2 rings (SSSR count).